The minimum atomic E-state index is -4.33. The number of rotatable bonds is 16. The molecule has 15 heteroatoms. The molecule has 1 aliphatic carbocycles. The van der Waals surface area contributed by atoms with E-state index in [1.165, 1.54) is 31.3 Å². The number of carbonyl (C=O) groups excluding carboxylic acids is 3. The summed E-state index contributed by atoms with van der Waals surface area (Å²) in [5.41, 5.74) is -4.00. The van der Waals surface area contributed by atoms with E-state index >= 15 is 4.39 Å². The van der Waals surface area contributed by atoms with Crippen molar-refractivity contribution in [3.63, 3.8) is 0 Å². The van der Waals surface area contributed by atoms with Crippen LogP contribution in [-0.4, -0.2) is 82.2 Å². The molecule has 2 saturated heterocycles. The number of amides is 3. The van der Waals surface area contributed by atoms with Crippen LogP contribution in [0.25, 0.3) is 0 Å². The zero-order valence-corrected chi connectivity index (χ0v) is 25.7. The molecular weight excluding hydrogens is 610 g/mol. The number of carbonyl (C=O) groups is 3. The number of esters is 1. The standard InChI is InChI=1S/C30H36FN4O9P/c1-4-6-9-15-24(36)32-23-16-17-35(28(39)33-23)27-29(31)25(37)22(43-30(27,29)35)19-42-45(40,44-21-13-10-8-11-14-21)34-20(3)26(38)41-18-12-7-5-2/h4-5,8,10-11,13-14,16-17,20,22,25,27,37H,1-2,6-7,9,12,15,18-19H2,3H3,(H-,32,33,34,36,39,40)/p+1/t20-,22+,25?,27-,29?,30?,35?,45-/m0/s1. The topological polar surface area (TPSA) is 162 Å². The number of unbranched alkanes of at least 4 members (excludes halogenated alkanes) is 2. The summed E-state index contributed by atoms with van der Waals surface area (Å²) in [4.78, 5) is 41.6. The third kappa shape index (κ3) is 5.71. The number of aliphatic hydroxyl groups is 1. The van der Waals surface area contributed by atoms with Crippen LogP contribution in [0.3, 0.4) is 0 Å². The molecule has 242 valence electrons. The summed E-state index contributed by atoms with van der Waals surface area (Å²) in [6.07, 6.45) is 5.80. The molecule has 1 saturated carbocycles. The van der Waals surface area contributed by atoms with Gasteiger partial charge in [0.15, 0.2) is 0 Å². The number of quaternary nitrogens is 1. The maximum absolute atomic E-state index is 16.0. The fourth-order valence-corrected chi connectivity index (χ4v) is 7.44. The molecule has 5 rings (SSSR count). The molecule has 8 atom stereocenters. The normalized spacial score (nSPS) is 32.4. The van der Waals surface area contributed by atoms with Gasteiger partial charge in [0.1, 0.15) is 36.0 Å². The molecule has 0 bridgehead atoms. The number of aliphatic imine (C=N–C) groups is 1. The van der Waals surface area contributed by atoms with Crippen LogP contribution in [0, 0.1) is 0 Å². The summed E-state index contributed by atoms with van der Waals surface area (Å²) >= 11 is 0. The van der Waals surface area contributed by atoms with E-state index in [0.29, 0.717) is 25.7 Å². The van der Waals surface area contributed by atoms with Crippen LogP contribution in [0.15, 0.2) is 72.9 Å². The predicted molar refractivity (Wildman–Crippen MR) is 159 cm³/mol. The summed E-state index contributed by atoms with van der Waals surface area (Å²) in [7, 11) is -4.33. The van der Waals surface area contributed by atoms with E-state index in [1.54, 1.807) is 30.4 Å². The van der Waals surface area contributed by atoms with Crippen LogP contribution in [0.4, 0.5) is 9.18 Å². The number of benzene rings is 1. The number of amidine groups is 1. The molecule has 4 unspecified atom stereocenters. The Morgan fingerprint density at radius 1 is 1.24 bits per heavy atom. The van der Waals surface area contributed by atoms with Crippen molar-refractivity contribution in [2.75, 3.05) is 13.2 Å². The molecule has 1 aromatic rings. The van der Waals surface area contributed by atoms with Gasteiger partial charge in [-0.1, -0.05) is 30.4 Å². The summed E-state index contributed by atoms with van der Waals surface area (Å²) in [5.74, 6) is -0.842. The summed E-state index contributed by atoms with van der Waals surface area (Å²) in [6, 6.07) is 5.14. The Hall–Kier alpha value is -3.52. The van der Waals surface area contributed by atoms with E-state index in [1.807, 2.05) is 0 Å². The number of allylic oxidation sites excluding steroid dienone is 2. The predicted octanol–water partition coefficient (Wildman–Crippen LogP) is 3.57. The van der Waals surface area contributed by atoms with Gasteiger partial charge in [-0.3, -0.25) is 14.1 Å². The molecule has 2 spiro atoms. The van der Waals surface area contributed by atoms with Gasteiger partial charge < -0.3 is 24.4 Å². The van der Waals surface area contributed by atoms with E-state index in [-0.39, 0.29) is 30.5 Å². The Kier molecular flexibility index (Phi) is 9.28. The number of fused-ring (bicyclic) bond motifs is 2. The molecule has 4 aliphatic rings. The van der Waals surface area contributed by atoms with Gasteiger partial charge in [0.25, 0.3) is 5.67 Å². The Morgan fingerprint density at radius 3 is 2.64 bits per heavy atom. The van der Waals surface area contributed by atoms with Crippen molar-refractivity contribution in [3.8, 4) is 5.75 Å². The summed E-state index contributed by atoms with van der Waals surface area (Å²) < 4.78 is 51.5. The Bertz CT molecular complexity index is 1470. The number of nitrogens with zero attached hydrogens (tertiary/aromatic N) is 2. The van der Waals surface area contributed by atoms with Gasteiger partial charge in [-0.25, -0.2) is 13.8 Å². The molecule has 3 N–H and O–H groups in total. The largest absolute Gasteiger partial charge is 0.465 e. The average Bonchev–Trinajstić information content (AvgIpc) is 3.79. The van der Waals surface area contributed by atoms with E-state index in [2.05, 4.69) is 28.6 Å². The fourth-order valence-electron chi connectivity index (χ4n) is 5.94. The van der Waals surface area contributed by atoms with Crippen molar-refractivity contribution in [1.82, 2.24) is 10.4 Å². The average molecular weight is 648 g/mol. The number of halogens is 1. The van der Waals surface area contributed by atoms with Gasteiger partial charge >= 0.3 is 25.5 Å². The fraction of sp³-hybridized carbons (Fsp3) is 0.467. The number of urea groups is 1. The second-order valence-corrected chi connectivity index (χ2v) is 12.9. The molecule has 0 radical (unpaired) electrons. The highest BCUT2D eigenvalue weighted by Gasteiger charge is 3.20. The maximum Gasteiger partial charge on any atom is 0.459 e. The first-order chi connectivity index (χ1) is 21.5. The molecule has 45 heavy (non-hydrogen) atoms. The first-order valence-corrected chi connectivity index (χ1v) is 16.2. The van der Waals surface area contributed by atoms with Crippen molar-refractivity contribution < 1.29 is 51.4 Å². The SMILES string of the molecule is C=CCCCOC(=O)[C@H](C)N[P@](=O)(OC[C@H]1OC23[C@H](C2(F)C1O)[N+]31C=CC(NC(=O)CCCC=C)=NC1=O)Oc1ccccc1. The number of ether oxygens (including phenoxy) is 2. The van der Waals surface area contributed by atoms with Crippen LogP contribution < -0.4 is 14.9 Å². The van der Waals surface area contributed by atoms with Crippen LogP contribution in [0.1, 0.15) is 39.0 Å². The lowest BCUT2D eigenvalue weighted by molar-refractivity contribution is -0.767. The van der Waals surface area contributed by atoms with Crippen LogP contribution in [0.2, 0.25) is 0 Å². The van der Waals surface area contributed by atoms with Gasteiger partial charge in [-0.2, -0.15) is 9.57 Å². The van der Waals surface area contributed by atoms with Gasteiger partial charge in [-0.15, -0.1) is 18.2 Å². The molecule has 3 amide bonds. The Labute approximate surface area is 259 Å². The van der Waals surface area contributed by atoms with Crippen molar-refractivity contribution >= 4 is 31.5 Å². The zero-order valence-electron chi connectivity index (χ0n) is 24.8. The lowest BCUT2D eigenvalue weighted by Gasteiger charge is -2.27. The molecule has 13 nitrogen and oxygen atoms in total. The van der Waals surface area contributed by atoms with Crippen molar-refractivity contribution in [2.45, 2.75) is 74.7 Å². The molecule has 0 aromatic heterocycles. The molecule has 3 aliphatic heterocycles. The van der Waals surface area contributed by atoms with Gasteiger partial charge in [0.05, 0.1) is 13.2 Å². The first-order valence-electron chi connectivity index (χ1n) is 14.7. The van der Waals surface area contributed by atoms with Crippen LogP contribution in [0.5, 0.6) is 5.75 Å². The first kappa shape index (κ1) is 32.9. The van der Waals surface area contributed by atoms with E-state index in [0.717, 1.165) is 0 Å². The van der Waals surface area contributed by atoms with Gasteiger partial charge in [0, 0.05) is 12.5 Å². The van der Waals surface area contributed by atoms with E-state index < -0.39 is 66.5 Å². The smallest absolute Gasteiger partial charge is 0.459 e. The second kappa shape index (κ2) is 12.7. The summed E-state index contributed by atoms with van der Waals surface area (Å²) in [6.45, 7) is 8.16. The quantitative estimate of drug-likeness (QED) is 0.0604. The lowest BCUT2D eigenvalue weighted by Crippen LogP contribution is -2.55. The van der Waals surface area contributed by atoms with Gasteiger partial charge in [0.2, 0.25) is 11.9 Å². The number of hydrogen-bond donors (Lipinski definition) is 3. The number of alkyl halides is 1. The number of para-hydroxylation sites is 1. The summed E-state index contributed by atoms with van der Waals surface area (Å²) in [5, 5.41) is 16.0. The number of nitrogens with one attached hydrogen (secondary N) is 2. The number of hydrogen-bond acceptors (Lipinski definition) is 9. The van der Waals surface area contributed by atoms with Crippen molar-refractivity contribution in [2.24, 2.45) is 4.99 Å². The van der Waals surface area contributed by atoms with E-state index in [9.17, 15) is 24.1 Å². The lowest BCUT2D eigenvalue weighted by atomic mass is 10.1. The number of aliphatic hydroxyl groups excluding tert-OH is 1. The maximum atomic E-state index is 16.0. The molecular formula is C30H37FN4O9P+. The highest BCUT2D eigenvalue weighted by atomic mass is 31.2. The minimum absolute atomic E-state index is 0.0244. The monoisotopic (exact) mass is 647 g/mol. The molecule has 3 heterocycles. The highest BCUT2D eigenvalue weighted by Crippen LogP contribution is 2.84. The second-order valence-electron chi connectivity index (χ2n) is 11.2. The van der Waals surface area contributed by atoms with Gasteiger partial charge in [-0.05, 0) is 44.7 Å². The third-order valence-electron chi connectivity index (χ3n) is 8.20. The molecule has 1 aromatic carbocycles. The Balaban J connectivity index is 1.23. The van der Waals surface area contributed by atoms with E-state index in [4.69, 9.17) is 18.5 Å². The molecule has 3 fully saturated rings. The van der Waals surface area contributed by atoms with Crippen molar-refractivity contribution in [1.29, 1.82) is 0 Å². The van der Waals surface area contributed by atoms with Crippen LogP contribution in [-0.2, 0) is 28.2 Å². The van der Waals surface area contributed by atoms with Crippen molar-refractivity contribution in [3.05, 3.63) is 67.9 Å². The highest BCUT2D eigenvalue weighted by molar-refractivity contribution is 7.52. The minimum Gasteiger partial charge on any atom is -0.465 e. The Morgan fingerprint density at radius 2 is 1.96 bits per heavy atom. The van der Waals surface area contributed by atoms with Crippen LogP contribution >= 0.6 is 7.75 Å². The zero-order chi connectivity index (χ0) is 32.5. The third-order valence-corrected chi connectivity index (χ3v) is 9.84.